The van der Waals surface area contributed by atoms with E-state index >= 15 is 0 Å². The highest BCUT2D eigenvalue weighted by Gasteiger charge is 2.20. The van der Waals surface area contributed by atoms with Crippen LogP contribution in [0.15, 0.2) is 30.3 Å². The summed E-state index contributed by atoms with van der Waals surface area (Å²) in [6, 6.07) is 8.66. The lowest BCUT2D eigenvalue weighted by atomic mass is 10.1. The van der Waals surface area contributed by atoms with Crippen molar-refractivity contribution in [2.75, 3.05) is 20.3 Å². The van der Waals surface area contributed by atoms with Crippen LogP contribution in [0.25, 0.3) is 0 Å². The minimum atomic E-state index is -0.569. The predicted molar refractivity (Wildman–Crippen MR) is 70.5 cm³/mol. The smallest absolute Gasteiger partial charge is 0.327 e. The van der Waals surface area contributed by atoms with Gasteiger partial charge in [0.05, 0.1) is 20.1 Å². The second kappa shape index (κ2) is 8.26. The summed E-state index contributed by atoms with van der Waals surface area (Å²) in [4.78, 5) is 22.9. The first-order valence-electron chi connectivity index (χ1n) is 6.20. The number of esters is 2. The lowest BCUT2D eigenvalue weighted by Gasteiger charge is -2.16. The minimum absolute atomic E-state index is 0.216. The molecule has 0 amide bonds. The van der Waals surface area contributed by atoms with Crippen LogP contribution in [-0.2, 0) is 19.1 Å². The molecule has 0 saturated carbocycles. The monoisotopic (exact) mass is 265 g/mol. The largest absolute Gasteiger partial charge is 0.468 e. The molecule has 0 aliphatic carbocycles. The van der Waals surface area contributed by atoms with Crippen molar-refractivity contribution >= 4 is 11.9 Å². The van der Waals surface area contributed by atoms with Gasteiger partial charge in [-0.25, -0.2) is 4.79 Å². The SMILES string of the molecule is CCOC(=O)CCNC(C(=O)OC)c1ccccc1. The molecular weight excluding hydrogens is 246 g/mol. The first-order valence-corrected chi connectivity index (χ1v) is 6.20. The van der Waals surface area contributed by atoms with Crippen molar-refractivity contribution < 1.29 is 19.1 Å². The van der Waals surface area contributed by atoms with Gasteiger partial charge in [0.2, 0.25) is 0 Å². The molecule has 0 saturated heterocycles. The van der Waals surface area contributed by atoms with E-state index in [1.54, 1.807) is 6.92 Å². The zero-order valence-corrected chi connectivity index (χ0v) is 11.2. The Morgan fingerprint density at radius 1 is 1.26 bits per heavy atom. The van der Waals surface area contributed by atoms with Gasteiger partial charge < -0.3 is 14.8 Å². The highest BCUT2D eigenvalue weighted by molar-refractivity contribution is 5.77. The van der Waals surface area contributed by atoms with Gasteiger partial charge in [0.1, 0.15) is 6.04 Å². The maximum absolute atomic E-state index is 11.7. The number of nitrogens with one attached hydrogen (secondary N) is 1. The third-order valence-electron chi connectivity index (χ3n) is 2.55. The summed E-state index contributed by atoms with van der Waals surface area (Å²) in [6.45, 7) is 2.47. The Bertz CT molecular complexity index is 405. The van der Waals surface area contributed by atoms with E-state index in [4.69, 9.17) is 9.47 Å². The number of hydrogen-bond acceptors (Lipinski definition) is 5. The van der Waals surface area contributed by atoms with Crippen LogP contribution in [0.5, 0.6) is 0 Å². The topological polar surface area (TPSA) is 64.6 Å². The summed E-state index contributed by atoms with van der Waals surface area (Å²) in [5.41, 5.74) is 0.804. The van der Waals surface area contributed by atoms with Crippen molar-refractivity contribution in [3.8, 4) is 0 Å². The normalized spacial score (nSPS) is 11.7. The van der Waals surface area contributed by atoms with Crippen LogP contribution in [0.2, 0.25) is 0 Å². The number of rotatable bonds is 7. The molecule has 0 heterocycles. The lowest BCUT2D eigenvalue weighted by Crippen LogP contribution is -2.31. The molecule has 1 aromatic carbocycles. The maximum Gasteiger partial charge on any atom is 0.327 e. The highest BCUT2D eigenvalue weighted by atomic mass is 16.5. The third-order valence-corrected chi connectivity index (χ3v) is 2.55. The lowest BCUT2D eigenvalue weighted by molar-refractivity contribution is -0.145. The molecule has 1 aromatic rings. The van der Waals surface area contributed by atoms with Gasteiger partial charge >= 0.3 is 11.9 Å². The molecule has 0 fully saturated rings. The molecule has 104 valence electrons. The molecule has 0 radical (unpaired) electrons. The van der Waals surface area contributed by atoms with Crippen molar-refractivity contribution in [3.05, 3.63) is 35.9 Å². The van der Waals surface area contributed by atoms with Gasteiger partial charge in [-0.2, -0.15) is 0 Å². The van der Waals surface area contributed by atoms with Gasteiger partial charge in [0.25, 0.3) is 0 Å². The van der Waals surface area contributed by atoms with Crippen LogP contribution in [0.1, 0.15) is 24.9 Å². The van der Waals surface area contributed by atoms with Crippen LogP contribution in [0, 0.1) is 0 Å². The molecule has 5 nitrogen and oxygen atoms in total. The van der Waals surface area contributed by atoms with Crippen molar-refractivity contribution in [1.29, 1.82) is 0 Å². The number of carbonyl (C=O) groups is 2. The van der Waals surface area contributed by atoms with Crippen molar-refractivity contribution in [2.24, 2.45) is 0 Å². The van der Waals surface area contributed by atoms with E-state index in [-0.39, 0.29) is 18.4 Å². The molecule has 0 bridgehead atoms. The molecule has 0 aliphatic rings. The van der Waals surface area contributed by atoms with Crippen molar-refractivity contribution in [1.82, 2.24) is 5.32 Å². The van der Waals surface area contributed by atoms with Gasteiger partial charge in [-0.05, 0) is 12.5 Å². The summed E-state index contributed by atoms with van der Waals surface area (Å²) in [5, 5.41) is 3.00. The zero-order valence-electron chi connectivity index (χ0n) is 11.2. The molecule has 0 aliphatic heterocycles. The molecular formula is C14H19NO4. The van der Waals surface area contributed by atoms with E-state index in [2.05, 4.69) is 5.32 Å². The Labute approximate surface area is 112 Å². The molecule has 5 heteroatoms. The Hall–Kier alpha value is -1.88. The number of benzene rings is 1. The van der Waals surface area contributed by atoms with Gasteiger partial charge in [0.15, 0.2) is 0 Å². The molecule has 1 atom stereocenters. The molecule has 1 unspecified atom stereocenters. The standard InChI is InChI=1S/C14H19NO4/c1-3-19-12(16)9-10-15-13(14(17)18-2)11-7-5-4-6-8-11/h4-8,13,15H,3,9-10H2,1-2H3. The Kier molecular flexibility index (Phi) is 6.60. The predicted octanol–water partition coefficient (Wildman–Crippen LogP) is 1.44. The van der Waals surface area contributed by atoms with E-state index < -0.39 is 6.04 Å². The van der Waals surface area contributed by atoms with E-state index in [1.165, 1.54) is 7.11 Å². The number of ether oxygens (including phenoxy) is 2. The fourth-order valence-electron chi connectivity index (χ4n) is 1.65. The Balaban J connectivity index is 2.57. The van der Waals surface area contributed by atoms with Crippen LogP contribution in [0.4, 0.5) is 0 Å². The molecule has 0 aromatic heterocycles. The Morgan fingerprint density at radius 3 is 2.53 bits per heavy atom. The number of methoxy groups -OCH3 is 1. The highest BCUT2D eigenvalue weighted by Crippen LogP contribution is 2.13. The summed E-state index contributed by atoms with van der Waals surface area (Å²) in [5.74, 6) is -0.665. The molecule has 1 N–H and O–H groups in total. The van der Waals surface area contributed by atoms with Crippen LogP contribution < -0.4 is 5.32 Å². The van der Waals surface area contributed by atoms with Crippen LogP contribution in [0.3, 0.4) is 0 Å². The molecule has 19 heavy (non-hydrogen) atoms. The van der Waals surface area contributed by atoms with E-state index in [9.17, 15) is 9.59 Å². The van der Waals surface area contributed by atoms with E-state index in [0.29, 0.717) is 13.2 Å². The quantitative estimate of drug-likeness (QED) is 0.756. The molecule has 1 rings (SSSR count). The average Bonchev–Trinajstić information content (AvgIpc) is 2.44. The summed E-state index contributed by atoms with van der Waals surface area (Å²) >= 11 is 0. The Morgan fingerprint density at radius 2 is 1.95 bits per heavy atom. The fourth-order valence-corrected chi connectivity index (χ4v) is 1.65. The van der Waals surface area contributed by atoms with Crippen molar-refractivity contribution in [3.63, 3.8) is 0 Å². The second-order valence-corrected chi connectivity index (χ2v) is 3.88. The zero-order chi connectivity index (χ0) is 14.1. The summed E-state index contributed by atoms with van der Waals surface area (Å²) in [6.07, 6.45) is 0.216. The van der Waals surface area contributed by atoms with Crippen LogP contribution >= 0.6 is 0 Å². The summed E-state index contributed by atoms with van der Waals surface area (Å²) in [7, 11) is 1.34. The molecule has 0 spiro atoms. The van der Waals surface area contributed by atoms with Crippen molar-refractivity contribution in [2.45, 2.75) is 19.4 Å². The fraction of sp³-hybridized carbons (Fsp3) is 0.429. The minimum Gasteiger partial charge on any atom is -0.468 e. The van der Waals surface area contributed by atoms with Gasteiger partial charge in [-0.15, -0.1) is 0 Å². The first-order chi connectivity index (χ1) is 9.19. The summed E-state index contributed by atoms with van der Waals surface area (Å²) < 4.78 is 9.58. The van der Waals surface area contributed by atoms with Gasteiger partial charge in [-0.3, -0.25) is 4.79 Å². The maximum atomic E-state index is 11.7. The van der Waals surface area contributed by atoms with E-state index in [0.717, 1.165) is 5.56 Å². The third kappa shape index (κ3) is 5.09. The first kappa shape index (κ1) is 15.2. The van der Waals surface area contributed by atoms with Gasteiger partial charge in [-0.1, -0.05) is 30.3 Å². The average molecular weight is 265 g/mol. The van der Waals surface area contributed by atoms with Crippen LogP contribution in [-0.4, -0.2) is 32.2 Å². The number of carbonyl (C=O) groups excluding carboxylic acids is 2. The van der Waals surface area contributed by atoms with Gasteiger partial charge in [0, 0.05) is 6.54 Å². The van der Waals surface area contributed by atoms with E-state index in [1.807, 2.05) is 30.3 Å². The number of hydrogen-bond donors (Lipinski definition) is 1. The second-order valence-electron chi connectivity index (χ2n) is 3.88.